The van der Waals surface area contributed by atoms with Gasteiger partial charge in [-0.05, 0) is 0 Å². The second-order valence-electron chi connectivity index (χ2n) is 2.81. The molecule has 0 spiro atoms. The second-order valence-corrected chi connectivity index (χ2v) is 3.86. The first-order valence-electron chi connectivity index (χ1n) is 2.35. The maximum atomic E-state index is 2.27. The van der Waals surface area contributed by atoms with Crippen molar-refractivity contribution in [3.8, 4) is 0 Å². The van der Waals surface area contributed by atoms with Crippen molar-refractivity contribution in [3.63, 3.8) is 0 Å². The Morgan fingerprint density at radius 2 is 1.43 bits per heavy atom. The average molecular weight is 172 g/mol. The second kappa shape index (κ2) is 3.86. The van der Waals surface area contributed by atoms with Crippen molar-refractivity contribution >= 4 is 0 Å². The van der Waals surface area contributed by atoms with Gasteiger partial charge in [0, 0.05) is 0 Å². The molecule has 0 aliphatic heterocycles. The van der Waals surface area contributed by atoms with E-state index in [1.807, 2.05) is 0 Å². The minimum Gasteiger partial charge on any atom is -1.00 e. The normalized spacial score (nSPS) is 10.4. The molecule has 0 rings (SSSR count). The summed E-state index contributed by atoms with van der Waals surface area (Å²) in [4.78, 5) is 0. The molecule has 0 aliphatic rings. The summed E-state index contributed by atoms with van der Waals surface area (Å²) in [5.74, 6) is 0. The van der Waals surface area contributed by atoms with E-state index in [1.165, 1.54) is 23.3 Å². The van der Waals surface area contributed by atoms with E-state index in [0.29, 0.717) is 5.41 Å². The van der Waals surface area contributed by atoms with Crippen LogP contribution in [0, 0.1) is 5.41 Å². The van der Waals surface area contributed by atoms with E-state index in [1.54, 1.807) is 0 Å². The minimum atomic E-state index is 0. The van der Waals surface area contributed by atoms with E-state index in [-0.39, 0.29) is 12.4 Å². The van der Waals surface area contributed by atoms with Gasteiger partial charge in [0.2, 0.25) is 0 Å². The Balaban J connectivity index is 0. The van der Waals surface area contributed by atoms with Gasteiger partial charge in [0.15, 0.2) is 0 Å². The summed E-state index contributed by atoms with van der Waals surface area (Å²) in [6.45, 7) is 6.82. The van der Waals surface area contributed by atoms with Gasteiger partial charge < -0.3 is 12.4 Å². The van der Waals surface area contributed by atoms with Crippen molar-refractivity contribution in [3.05, 3.63) is 0 Å². The fourth-order valence-electron chi connectivity index (χ4n) is 0. The van der Waals surface area contributed by atoms with Crippen LogP contribution in [0.15, 0.2) is 0 Å². The fraction of sp³-hybridized carbons (Fsp3) is 1.00. The van der Waals surface area contributed by atoms with E-state index in [9.17, 15) is 0 Å². The molecule has 0 aromatic heterocycles. The zero-order valence-electron chi connectivity index (χ0n) is 5.29. The third-order valence-electron chi connectivity index (χ3n) is 0.750. The third-order valence-corrected chi connectivity index (χ3v) is 3.90. The van der Waals surface area contributed by atoms with Gasteiger partial charge in [-0.15, -0.1) is 0 Å². The number of rotatable bonds is 0. The summed E-state index contributed by atoms with van der Waals surface area (Å²) in [5.41, 5.74) is 0.597. The van der Waals surface area contributed by atoms with Gasteiger partial charge in [-0.2, -0.15) is 0 Å². The van der Waals surface area contributed by atoms with Crippen molar-refractivity contribution in [1.82, 2.24) is 0 Å². The molecule has 0 unspecified atom stereocenters. The van der Waals surface area contributed by atoms with Crippen LogP contribution in [0.3, 0.4) is 0 Å². The van der Waals surface area contributed by atoms with Crippen LogP contribution in [-0.2, 0) is 18.3 Å². The van der Waals surface area contributed by atoms with Gasteiger partial charge in [-0.25, -0.2) is 0 Å². The van der Waals surface area contributed by atoms with E-state index in [0.717, 1.165) is 0 Å². The van der Waals surface area contributed by atoms with Crippen LogP contribution in [0.1, 0.15) is 20.8 Å². The molecule has 0 amide bonds. The SMILES string of the molecule is CC(C)(C)[CH2][Zn+].[Cl-]. The van der Waals surface area contributed by atoms with Crippen LogP contribution in [0.5, 0.6) is 0 Å². The van der Waals surface area contributed by atoms with Crippen LogP contribution in [-0.4, -0.2) is 0 Å². The Morgan fingerprint density at radius 3 is 1.43 bits per heavy atom. The van der Waals surface area contributed by atoms with Gasteiger partial charge in [-0.3, -0.25) is 0 Å². The van der Waals surface area contributed by atoms with Crippen molar-refractivity contribution in [2.45, 2.75) is 25.8 Å². The van der Waals surface area contributed by atoms with Crippen LogP contribution in [0.4, 0.5) is 0 Å². The summed E-state index contributed by atoms with van der Waals surface area (Å²) < 4.78 is 0. The van der Waals surface area contributed by atoms with Gasteiger partial charge in [0.1, 0.15) is 0 Å². The monoisotopic (exact) mass is 170 g/mol. The molecule has 0 bridgehead atoms. The first-order valence-corrected chi connectivity index (χ1v) is 4.45. The van der Waals surface area contributed by atoms with Crippen molar-refractivity contribution in [2.24, 2.45) is 5.41 Å². The number of halogens is 1. The first kappa shape index (κ1) is 10.8. The fourth-order valence-corrected chi connectivity index (χ4v) is 0. The van der Waals surface area contributed by atoms with Gasteiger partial charge in [0.05, 0.1) is 0 Å². The molecular formula is C5H11ClZn. The van der Waals surface area contributed by atoms with Crippen molar-refractivity contribution < 1.29 is 30.7 Å². The molecule has 7 heavy (non-hydrogen) atoms. The quantitative estimate of drug-likeness (QED) is 0.411. The Kier molecular flexibility index (Phi) is 5.97. The van der Waals surface area contributed by atoms with E-state index in [2.05, 4.69) is 20.8 Å². The van der Waals surface area contributed by atoms with Crippen LogP contribution in [0.25, 0.3) is 0 Å². The molecular weight excluding hydrogens is 161 g/mol. The van der Waals surface area contributed by atoms with Crippen LogP contribution >= 0.6 is 0 Å². The number of hydrogen-bond donors (Lipinski definition) is 0. The topological polar surface area (TPSA) is 0 Å². The summed E-state index contributed by atoms with van der Waals surface area (Å²) in [5, 5.41) is 1.40. The van der Waals surface area contributed by atoms with E-state index >= 15 is 0 Å². The maximum absolute atomic E-state index is 2.27. The summed E-state index contributed by atoms with van der Waals surface area (Å²) in [6, 6.07) is 0. The predicted octanol–water partition coefficient (Wildman–Crippen LogP) is -0.998. The predicted molar refractivity (Wildman–Crippen MR) is 24.3 cm³/mol. The average Bonchev–Trinajstić information content (AvgIpc) is 1.35. The molecule has 0 aliphatic carbocycles. The van der Waals surface area contributed by atoms with Crippen molar-refractivity contribution in [2.75, 3.05) is 0 Å². The molecule has 0 nitrogen and oxygen atoms in total. The van der Waals surface area contributed by atoms with Gasteiger partial charge >= 0.3 is 49.5 Å². The minimum absolute atomic E-state index is 0. The molecule has 0 saturated carbocycles. The Morgan fingerprint density at radius 1 is 1.29 bits per heavy atom. The van der Waals surface area contributed by atoms with E-state index in [4.69, 9.17) is 0 Å². The molecule has 0 aromatic carbocycles. The zero-order valence-corrected chi connectivity index (χ0v) is 9.02. The zero-order chi connectivity index (χ0) is 5.21. The molecule has 0 saturated heterocycles. The Labute approximate surface area is 62.2 Å². The molecule has 0 N–H and O–H groups in total. The number of hydrogen-bond acceptors (Lipinski definition) is 0. The maximum Gasteiger partial charge on any atom is -1.00 e. The summed E-state index contributed by atoms with van der Waals surface area (Å²) in [7, 11) is 0. The van der Waals surface area contributed by atoms with Crippen LogP contribution < -0.4 is 12.4 Å². The third kappa shape index (κ3) is 10.9. The molecule has 0 radical (unpaired) electrons. The smallest absolute Gasteiger partial charge is 1.00 e. The van der Waals surface area contributed by atoms with Gasteiger partial charge in [-0.1, -0.05) is 0 Å². The Bertz CT molecular complexity index is 37.8. The molecule has 40 valence electrons. The van der Waals surface area contributed by atoms with Crippen molar-refractivity contribution in [1.29, 1.82) is 0 Å². The van der Waals surface area contributed by atoms with E-state index < -0.39 is 0 Å². The largest absolute Gasteiger partial charge is 1.00 e. The molecule has 0 atom stereocenters. The van der Waals surface area contributed by atoms with Crippen LogP contribution in [0.2, 0.25) is 5.02 Å². The summed E-state index contributed by atoms with van der Waals surface area (Å²) >= 11 is 1.43. The standard InChI is InChI=1S/C5H11.ClH.Zn/c1-5(2,3)4;;/h1H2,2-4H3;1H;/q;;+1/p-1. The Hall–Kier alpha value is 0.913. The summed E-state index contributed by atoms with van der Waals surface area (Å²) in [6.07, 6.45) is 0. The molecule has 2 heteroatoms. The molecule has 0 heterocycles. The molecule has 0 fully saturated rings. The van der Waals surface area contributed by atoms with Gasteiger partial charge in [0.25, 0.3) is 0 Å². The molecule has 0 aromatic rings. The first-order chi connectivity index (χ1) is 2.56.